The van der Waals surface area contributed by atoms with Crippen molar-refractivity contribution >= 4 is 32.6 Å². The van der Waals surface area contributed by atoms with E-state index in [0.29, 0.717) is 0 Å². The average Bonchev–Trinajstić information content (AvgIpc) is 2.82. The second-order valence-electron chi connectivity index (χ2n) is 7.26. The highest BCUT2D eigenvalue weighted by Crippen LogP contribution is 2.38. The highest BCUT2D eigenvalue weighted by Gasteiger charge is 2.17. The lowest BCUT2D eigenvalue weighted by Gasteiger charge is -2.14. The van der Waals surface area contributed by atoms with Gasteiger partial charge in [0.25, 0.3) is 0 Å². The van der Waals surface area contributed by atoms with Gasteiger partial charge in [0.15, 0.2) is 0 Å². The lowest BCUT2D eigenvalue weighted by atomic mass is 9.95. The highest BCUT2D eigenvalue weighted by atomic mass is 14.7. The van der Waals surface area contributed by atoms with Gasteiger partial charge in [-0.15, -0.1) is 0 Å². The predicted octanol–water partition coefficient (Wildman–Crippen LogP) is 6.47. The van der Waals surface area contributed by atoms with Crippen LogP contribution < -0.4 is 0 Å². The zero-order valence-corrected chi connectivity index (χ0v) is 16.1. The van der Waals surface area contributed by atoms with E-state index < -0.39 is 0 Å². The minimum absolute atomic E-state index is 0.870. The fourth-order valence-corrected chi connectivity index (χ4v) is 4.06. The third-order valence-electron chi connectivity index (χ3n) is 5.48. The molecule has 0 unspecified atom stereocenters. The summed E-state index contributed by atoms with van der Waals surface area (Å²) in [4.78, 5) is 14.3. The van der Waals surface area contributed by atoms with Crippen molar-refractivity contribution in [3.05, 3.63) is 103 Å². The van der Waals surface area contributed by atoms with Crippen LogP contribution in [0.25, 0.3) is 55.1 Å². The molecule has 0 atom stereocenters. The van der Waals surface area contributed by atoms with Crippen molar-refractivity contribution < 1.29 is 0 Å². The standard InChI is InChI=1S/C27H16N3/c1-3-9-20-19(8-1)17-29-27(22-15-16-28-24-12-6-4-10-21(22)24)26(20)25-14-13-18-7-2-5-11-23(18)30-25/h1-16H. The Morgan fingerprint density at radius 3 is 2.33 bits per heavy atom. The van der Waals surface area contributed by atoms with Crippen molar-refractivity contribution in [3.63, 3.8) is 0 Å². The first-order chi connectivity index (χ1) is 14.9. The molecule has 0 aliphatic heterocycles. The minimum Gasteiger partial charge on any atom is -0.256 e. The van der Waals surface area contributed by atoms with Crippen LogP contribution in [0.5, 0.6) is 0 Å². The Morgan fingerprint density at radius 2 is 1.40 bits per heavy atom. The normalized spacial score (nSPS) is 11.3. The first-order valence-electron chi connectivity index (χ1n) is 9.89. The summed E-state index contributed by atoms with van der Waals surface area (Å²) in [6.07, 6.45) is 5.07. The number of aromatic nitrogens is 3. The molecule has 1 radical (unpaired) electrons. The third kappa shape index (κ3) is 2.64. The molecular formula is C27H16N3. The summed E-state index contributed by atoms with van der Waals surface area (Å²) in [5, 5.41) is 4.26. The Kier molecular flexibility index (Phi) is 3.78. The zero-order valence-electron chi connectivity index (χ0n) is 16.1. The molecule has 30 heavy (non-hydrogen) atoms. The molecule has 0 amide bonds. The van der Waals surface area contributed by atoms with Crippen LogP contribution in [-0.4, -0.2) is 15.0 Å². The molecule has 6 rings (SSSR count). The van der Waals surface area contributed by atoms with Crippen LogP contribution >= 0.6 is 0 Å². The first-order valence-corrected chi connectivity index (χ1v) is 9.89. The van der Waals surface area contributed by atoms with Crippen LogP contribution in [0, 0.1) is 6.20 Å². The maximum absolute atomic E-state index is 4.99. The summed E-state index contributed by atoms with van der Waals surface area (Å²) in [6, 6.07) is 30.8. The Labute approximate surface area is 173 Å². The molecule has 0 aliphatic carbocycles. The molecule has 0 fully saturated rings. The summed E-state index contributed by atoms with van der Waals surface area (Å²) >= 11 is 0. The first kappa shape index (κ1) is 16.8. The summed E-state index contributed by atoms with van der Waals surface area (Å²) in [7, 11) is 0. The smallest absolute Gasteiger partial charge is 0.0979 e. The van der Waals surface area contributed by atoms with Gasteiger partial charge in [-0.2, -0.15) is 0 Å². The Balaban J connectivity index is 1.73. The molecular weight excluding hydrogens is 366 g/mol. The van der Waals surface area contributed by atoms with Gasteiger partial charge in [0, 0.05) is 33.5 Å². The molecule has 139 valence electrons. The second-order valence-corrected chi connectivity index (χ2v) is 7.26. The SMILES string of the molecule is [c]1nc(-c2ccnc3ccccc23)c(-c2ccc3ccccc3n2)c2ccccc12. The number of benzene rings is 3. The van der Waals surface area contributed by atoms with Crippen molar-refractivity contribution in [3.8, 4) is 22.5 Å². The molecule has 3 aromatic carbocycles. The maximum atomic E-state index is 4.99. The van der Waals surface area contributed by atoms with Crippen molar-refractivity contribution in [2.75, 3.05) is 0 Å². The molecule has 6 aromatic rings. The van der Waals surface area contributed by atoms with Crippen LogP contribution in [0.2, 0.25) is 0 Å². The van der Waals surface area contributed by atoms with Crippen LogP contribution in [0.4, 0.5) is 0 Å². The van der Waals surface area contributed by atoms with E-state index in [1.165, 1.54) is 0 Å². The van der Waals surface area contributed by atoms with Crippen LogP contribution in [-0.2, 0) is 0 Å². The molecule has 0 bridgehead atoms. The summed E-state index contributed by atoms with van der Waals surface area (Å²) in [5.74, 6) is 0. The lowest BCUT2D eigenvalue weighted by molar-refractivity contribution is 1.31. The zero-order chi connectivity index (χ0) is 19.9. The Morgan fingerprint density at radius 1 is 0.633 bits per heavy atom. The van der Waals surface area contributed by atoms with E-state index in [1.807, 2.05) is 60.8 Å². The maximum Gasteiger partial charge on any atom is 0.0979 e. The van der Waals surface area contributed by atoms with Gasteiger partial charge in [-0.05, 0) is 29.7 Å². The van der Waals surface area contributed by atoms with Gasteiger partial charge in [-0.3, -0.25) is 4.98 Å². The summed E-state index contributed by atoms with van der Waals surface area (Å²) in [5.41, 5.74) is 5.75. The number of hydrogen-bond acceptors (Lipinski definition) is 3. The van der Waals surface area contributed by atoms with Gasteiger partial charge >= 0.3 is 0 Å². The quantitative estimate of drug-likeness (QED) is 0.345. The van der Waals surface area contributed by atoms with Crippen molar-refractivity contribution in [2.45, 2.75) is 0 Å². The molecule has 0 aliphatic rings. The van der Waals surface area contributed by atoms with Gasteiger partial charge in [0.2, 0.25) is 0 Å². The van der Waals surface area contributed by atoms with E-state index in [0.717, 1.165) is 55.1 Å². The van der Waals surface area contributed by atoms with Crippen molar-refractivity contribution in [1.82, 2.24) is 15.0 Å². The third-order valence-corrected chi connectivity index (χ3v) is 5.48. The van der Waals surface area contributed by atoms with Crippen molar-refractivity contribution in [1.29, 1.82) is 0 Å². The predicted molar refractivity (Wildman–Crippen MR) is 122 cm³/mol. The van der Waals surface area contributed by atoms with Gasteiger partial charge in [0.05, 0.1) is 28.6 Å². The van der Waals surface area contributed by atoms with E-state index in [9.17, 15) is 0 Å². The van der Waals surface area contributed by atoms with Gasteiger partial charge < -0.3 is 0 Å². The van der Waals surface area contributed by atoms with Gasteiger partial charge in [-0.25, -0.2) is 9.97 Å². The Hall–Kier alpha value is -4.11. The van der Waals surface area contributed by atoms with E-state index in [4.69, 9.17) is 9.97 Å². The molecule has 3 heteroatoms. The lowest BCUT2D eigenvalue weighted by Crippen LogP contribution is -1.95. The van der Waals surface area contributed by atoms with E-state index >= 15 is 0 Å². The van der Waals surface area contributed by atoms with Crippen LogP contribution in [0.1, 0.15) is 0 Å². The fraction of sp³-hybridized carbons (Fsp3) is 0. The Bertz CT molecular complexity index is 1550. The van der Waals surface area contributed by atoms with Crippen molar-refractivity contribution in [2.24, 2.45) is 0 Å². The molecule has 0 saturated heterocycles. The van der Waals surface area contributed by atoms with E-state index in [1.54, 1.807) is 0 Å². The minimum atomic E-state index is 0.870. The molecule has 3 aromatic heterocycles. The monoisotopic (exact) mass is 382 g/mol. The molecule has 0 N–H and O–H groups in total. The topological polar surface area (TPSA) is 38.7 Å². The summed E-state index contributed by atoms with van der Waals surface area (Å²) in [6.45, 7) is 0. The number of hydrogen-bond donors (Lipinski definition) is 0. The number of rotatable bonds is 2. The second kappa shape index (κ2) is 6.75. The fourth-order valence-electron chi connectivity index (χ4n) is 4.06. The van der Waals surface area contributed by atoms with E-state index in [-0.39, 0.29) is 0 Å². The number of fused-ring (bicyclic) bond motifs is 3. The number of pyridine rings is 3. The van der Waals surface area contributed by atoms with Gasteiger partial charge in [-0.1, -0.05) is 66.7 Å². The highest BCUT2D eigenvalue weighted by molar-refractivity contribution is 6.06. The average molecular weight is 382 g/mol. The number of nitrogens with zero attached hydrogens (tertiary/aromatic N) is 3. The number of para-hydroxylation sites is 2. The van der Waals surface area contributed by atoms with Crippen LogP contribution in [0.3, 0.4) is 0 Å². The molecule has 0 spiro atoms. The molecule has 3 nitrogen and oxygen atoms in total. The molecule has 3 heterocycles. The summed E-state index contributed by atoms with van der Waals surface area (Å²) < 4.78 is 0. The largest absolute Gasteiger partial charge is 0.256 e. The van der Waals surface area contributed by atoms with E-state index in [2.05, 4.69) is 47.6 Å². The molecule has 0 saturated carbocycles. The van der Waals surface area contributed by atoms with Gasteiger partial charge in [0.1, 0.15) is 0 Å². The van der Waals surface area contributed by atoms with Crippen LogP contribution in [0.15, 0.2) is 97.2 Å².